The predicted molar refractivity (Wildman–Crippen MR) is 82.3 cm³/mol. The monoisotopic (exact) mass is 292 g/mol. The highest BCUT2D eigenvalue weighted by molar-refractivity contribution is 5.89. The molecule has 0 saturated heterocycles. The molecule has 1 aliphatic rings. The fourth-order valence-electron chi connectivity index (χ4n) is 2.64. The van der Waals surface area contributed by atoms with Gasteiger partial charge in [0.15, 0.2) is 0 Å². The molecule has 21 heavy (non-hydrogen) atoms. The molecule has 0 bridgehead atoms. The standard InChI is InChI=1S/C16H24N2O3/c1-12(21-2)13-6-5-7-14(10-13)18-15(19)17-11-16(20)8-3-4-9-16/h5-7,10,12,20H,3-4,8-9,11H2,1-2H3,(H2,17,18,19). The van der Waals surface area contributed by atoms with E-state index in [1.165, 1.54) is 0 Å². The Hall–Kier alpha value is -1.59. The van der Waals surface area contributed by atoms with Crippen LogP contribution < -0.4 is 10.6 Å². The molecular weight excluding hydrogens is 268 g/mol. The third-order valence-electron chi connectivity index (χ3n) is 4.08. The minimum Gasteiger partial charge on any atom is -0.388 e. The normalized spacial score (nSPS) is 18.2. The lowest BCUT2D eigenvalue weighted by atomic mass is 10.0. The third-order valence-corrected chi connectivity index (χ3v) is 4.08. The third kappa shape index (κ3) is 4.44. The Morgan fingerprint density at radius 2 is 2.14 bits per heavy atom. The molecule has 1 atom stereocenters. The molecule has 1 saturated carbocycles. The first-order valence-electron chi connectivity index (χ1n) is 7.42. The Bertz CT molecular complexity index is 484. The first kappa shape index (κ1) is 15.8. The van der Waals surface area contributed by atoms with Crippen molar-refractivity contribution < 1.29 is 14.6 Å². The summed E-state index contributed by atoms with van der Waals surface area (Å²) in [5.74, 6) is 0. The van der Waals surface area contributed by atoms with Gasteiger partial charge in [-0.1, -0.05) is 25.0 Å². The van der Waals surface area contributed by atoms with Gasteiger partial charge in [-0.05, 0) is 37.5 Å². The summed E-state index contributed by atoms with van der Waals surface area (Å²) in [4.78, 5) is 11.9. The molecule has 5 nitrogen and oxygen atoms in total. The van der Waals surface area contributed by atoms with E-state index >= 15 is 0 Å². The number of urea groups is 1. The van der Waals surface area contributed by atoms with Crippen LogP contribution in [0.2, 0.25) is 0 Å². The number of rotatable bonds is 5. The molecule has 5 heteroatoms. The van der Waals surface area contributed by atoms with Crippen molar-refractivity contribution in [3.05, 3.63) is 29.8 Å². The molecule has 0 aliphatic heterocycles. The number of carbonyl (C=O) groups is 1. The second-order valence-electron chi connectivity index (χ2n) is 5.74. The van der Waals surface area contributed by atoms with Crippen LogP contribution in [0.5, 0.6) is 0 Å². The number of benzene rings is 1. The van der Waals surface area contributed by atoms with Gasteiger partial charge in [0.1, 0.15) is 0 Å². The van der Waals surface area contributed by atoms with E-state index in [2.05, 4.69) is 10.6 Å². The highest BCUT2D eigenvalue weighted by atomic mass is 16.5. The van der Waals surface area contributed by atoms with Crippen molar-refractivity contribution >= 4 is 11.7 Å². The van der Waals surface area contributed by atoms with Crippen LogP contribution >= 0.6 is 0 Å². The second kappa shape index (κ2) is 6.91. The second-order valence-corrected chi connectivity index (χ2v) is 5.74. The zero-order chi connectivity index (χ0) is 15.3. The number of hydrogen-bond acceptors (Lipinski definition) is 3. The van der Waals surface area contributed by atoms with Gasteiger partial charge in [0.2, 0.25) is 0 Å². The SMILES string of the molecule is COC(C)c1cccc(NC(=O)NCC2(O)CCCC2)c1. The topological polar surface area (TPSA) is 70.6 Å². The smallest absolute Gasteiger partial charge is 0.319 e. The number of methoxy groups -OCH3 is 1. The molecule has 1 aromatic rings. The molecule has 0 spiro atoms. The lowest BCUT2D eigenvalue weighted by Crippen LogP contribution is -2.42. The molecule has 0 heterocycles. The van der Waals surface area contributed by atoms with Crippen molar-refractivity contribution in [2.75, 3.05) is 19.0 Å². The van der Waals surface area contributed by atoms with Crippen molar-refractivity contribution in [1.29, 1.82) is 0 Å². The highest BCUT2D eigenvalue weighted by Crippen LogP contribution is 2.28. The molecular formula is C16H24N2O3. The Kier molecular flexibility index (Phi) is 5.20. The Morgan fingerprint density at radius 3 is 2.81 bits per heavy atom. The van der Waals surface area contributed by atoms with Gasteiger partial charge in [-0.15, -0.1) is 0 Å². The summed E-state index contributed by atoms with van der Waals surface area (Å²) < 4.78 is 5.26. The van der Waals surface area contributed by atoms with Gasteiger partial charge in [-0.25, -0.2) is 4.79 Å². The maximum atomic E-state index is 11.9. The highest BCUT2D eigenvalue weighted by Gasteiger charge is 2.31. The van der Waals surface area contributed by atoms with E-state index in [1.54, 1.807) is 7.11 Å². The average molecular weight is 292 g/mol. The summed E-state index contributed by atoms with van der Waals surface area (Å²) in [5, 5.41) is 15.7. The molecule has 1 fully saturated rings. The minimum atomic E-state index is -0.732. The van der Waals surface area contributed by atoms with Crippen LogP contribution in [0.4, 0.5) is 10.5 Å². The van der Waals surface area contributed by atoms with Crippen LogP contribution in [0, 0.1) is 0 Å². The van der Waals surface area contributed by atoms with Crippen LogP contribution in [-0.4, -0.2) is 30.4 Å². The van der Waals surface area contributed by atoms with Crippen LogP contribution in [-0.2, 0) is 4.74 Å². The minimum absolute atomic E-state index is 0.0194. The van der Waals surface area contributed by atoms with E-state index in [-0.39, 0.29) is 12.1 Å². The average Bonchev–Trinajstić information content (AvgIpc) is 2.92. The first-order valence-corrected chi connectivity index (χ1v) is 7.42. The molecule has 2 rings (SSSR count). The van der Waals surface area contributed by atoms with Crippen molar-refractivity contribution in [3.8, 4) is 0 Å². The summed E-state index contributed by atoms with van der Waals surface area (Å²) in [6.07, 6.45) is 3.55. The van der Waals surface area contributed by atoms with Crippen molar-refractivity contribution in [2.45, 2.75) is 44.3 Å². The summed E-state index contributed by atoms with van der Waals surface area (Å²) >= 11 is 0. The molecule has 1 aliphatic carbocycles. The van der Waals surface area contributed by atoms with Gasteiger partial charge in [-0.2, -0.15) is 0 Å². The lowest BCUT2D eigenvalue weighted by Gasteiger charge is -2.22. The van der Waals surface area contributed by atoms with Crippen LogP contribution in [0.25, 0.3) is 0 Å². The molecule has 2 amide bonds. The number of nitrogens with one attached hydrogen (secondary N) is 2. The number of hydrogen-bond donors (Lipinski definition) is 3. The largest absolute Gasteiger partial charge is 0.388 e. The van der Waals surface area contributed by atoms with Crippen molar-refractivity contribution in [2.24, 2.45) is 0 Å². The summed E-state index contributed by atoms with van der Waals surface area (Å²) in [5.41, 5.74) is 0.987. The number of carbonyl (C=O) groups excluding carboxylic acids is 1. The fraction of sp³-hybridized carbons (Fsp3) is 0.562. The Labute approximate surface area is 125 Å². The van der Waals surface area contributed by atoms with Crippen LogP contribution in [0.15, 0.2) is 24.3 Å². The number of amides is 2. The van der Waals surface area contributed by atoms with E-state index in [0.29, 0.717) is 12.2 Å². The summed E-state index contributed by atoms with van der Waals surface area (Å²) in [7, 11) is 1.65. The number of anilines is 1. The van der Waals surface area contributed by atoms with E-state index in [4.69, 9.17) is 4.74 Å². The van der Waals surface area contributed by atoms with Crippen molar-refractivity contribution in [3.63, 3.8) is 0 Å². The van der Waals surface area contributed by atoms with Gasteiger partial charge < -0.3 is 20.5 Å². The zero-order valence-corrected chi connectivity index (χ0v) is 12.7. The Balaban J connectivity index is 1.87. The molecule has 1 unspecified atom stereocenters. The van der Waals surface area contributed by atoms with Crippen LogP contribution in [0.1, 0.15) is 44.3 Å². The fourth-order valence-corrected chi connectivity index (χ4v) is 2.64. The van der Waals surface area contributed by atoms with E-state index < -0.39 is 5.60 Å². The van der Waals surface area contributed by atoms with Gasteiger partial charge >= 0.3 is 6.03 Å². The maximum absolute atomic E-state index is 11.9. The van der Waals surface area contributed by atoms with Gasteiger partial charge in [-0.3, -0.25) is 0 Å². The van der Waals surface area contributed by atoms with Crippen LogP contribution in [0.3, 0.4) is 0 Å². The van der Waals surface area contributed by atoms with E-state index in [1.807, 2.05) is 31.2 Å². The van der Waals surface area contributed by atoms with Crippen molar-refractivity contribution in [1.82, 2.24) is 5.32 Å². The molecule has 116 valence electrons. The predicted octanol–water partition coefficient (Wildman–Crippen LogP) is 2.82. The lowest BCUT2D eigenvalue weighted by molar-refractivity contribution is 0.0506. The Morgan fingerprint density at radius 1 is 1.43 bits per heavy atom. The summed E-state index contributed by atoms with van der Waals surface area (Å²) in [6, 6.07) is 7.26. The molecule has 0 radical (unpaired) electrons. The number of aliphatic hydroxyl groups is 1. The zero-order valence-electron chi connectivity index (χ0n) is 12.7. The molecule has 1 aromatic carbocycles. The van der Waals surface area contributed by atoms with Gasteiger partial charge in [0.25, 0.3) is 0 Å². The molecule has 0 aromatic heterocycles. The quantitative estimate of drug-likeness (QED) is 0.781. The van der Waals surface area contributed by atoms with E-state index in [9.17, 15) is 9.90 Å². The van der Waals surface area contributed by atoms with E-state index in [0.717, 1.165) is 31.2 Å². The van der Waals surface area contributed by atoms with Gasteiger partial charge in [0, 0.05) is 19.3 Å². The molecule has 3 N–H and O–H groups in total. The first-order chi connectivity index (χ1) is 10.0. The maximum Gasteiger partial charge on any atom is 0.319 e. The van der Waals surface area contributed by atoms with Gasteiger partial charge in [0.05, 0.1) is 11.7 Å². The number of ether oxygens (including phenoxy) is 1. The summed E-state index contributed by atoms with van der Waals surface area (Å²) in [6.45, 7) is 2.25.